The van der Waals surface area contributed by atoms with Gasteiger partial charge in [0.1, 0.15) is 11.6 Å². The lowest BCUT2D eigenvalue weighted by atomic mass is 9.99. The molecule has 1 unspecified atom stereocenters. The maximum atomic E-state index is 13.1. The van der Waals surface area contributed by atoms with Crippen LogP contribution in [0.5, 0.6) is 5.75 Å². The first kappa shape index (κ1) is 12.9. The van der Waals surface area contributed by atoms with Gasteiger partial charge in [-0.2, -0.15) is 0 Å². The Balaban J connectivity index is 2.41. The molecule has 4 heteroatoms. The molecular weight excluding hydrogens is 253 g/mol. The van der Waals surface area contributed by atoms with Crippen LogP contribution >= 0.6 is 11.6 Å². The standard InChI is InChI=1S/C14H13ClFNO/c1-18-13-5-3-2-4-10(13)14(17)9-6-7-12(16)11(15)8-9/h2-8,14H,17H2,1H3. The summed E-state index contributed by atoms with van der Waals surface area (Å²) in [5, 5.41) is 0.0675. The van der Waals surface area contributed by atoms with Crippen LogP contribution in [-0.2, 0) is 0 Å². The van der Waals surface area contributed by atoms with E-state index in [-0.39, 0.29) is 5.02 Å². The predicted molar refractivity (Wildman–Crippen MR) is 70.4 cm³/mol. The van der Waals surface area contributed by atoms with E-state index in [0.29, 0.717) is 5.75 Å². The Bertz CT molecular complexity index is 559. The van der Waals surface area contributed by atoms with Crippen LogP contribution in [0.4, 0.5) is 4.39 Å². The lowest BCUT2D eigenvalue weighted by Gasteiger charge is -2.16. The van der Waals surface area contributed by atoms with Crippen LogP contribution in [0.1, 0.15) is 17.2 Å². The molecule has 94 valence electrons. The third kappa shape index (κ3) is 2.47. The van der Waals surface area contributed by atoms with Crippen LogP contribution < -0.4 is 10.5 Å². The van der Waals surface area contributed by atoms with E-state index in [0.717, 1.165) is 11.1 Å². The highest BCUT2D eigenvalue weighted by atomic mass is 35.5. The molecule has 18 heavy (non-hydrogen) atoms. The van der Waals surface area contributed by atoms with E-state index in [1.165, 1.54) is 12.1 Å². The highest BCUT2D eigenvalue weighted by Crippen LogP contribution is 2.29. The van der Waals surface area contributed by atoms with Gasteiger partial charge in [0.25, 0.3) is 0 Å². The average molecular weight is 266 g/mol. The molecule has 2 N–H and O–H groups in total. The molecule has 0 aliphatic rings. The van der Waals surface area contributed by atoms with E-state index < -0.39 is 11.9 Å². The summed E-state index contributed by atoms with van der Waals surface area (Å²) >= 11 is 5.76. The normalized spacial score (nSPS) is 12.2. The molecule has 2 aromatic carbocycles. The Kier molecular flexibility index (Phi) is 3.84. The van der Waals surface area contributed by atoms with Gasteiger partial charge in [-0.3, -0.25) is 0 Å². The molecule has 0 aromatic heterocycles. The molecule has 0 fully saturated rings. The third-order valence-electron chi connectivity index (χ3n) is 2.78. The van der Waals surface area contributed by atoms with Gasteiger partial charge in [-0.05, 0) is 23.8 Å². The second kappa shape index (κ2) is 5.38. The van der Waals surface area contributed by atoms with Gasteiger partial charge >= 0.3 is 0 Å². The predicted octanol–water partition coefficient (Wildman–Crippen LogP) is 3.54. The zero-order valence-corrected chi connectivity index (χ0v) is 10.6. The minimum Gasteiger partial charge on any atom is -0.496 e. The first-order valence-electron chi connectivity index (χ1n) is 5.47. The molecule has 0 spiro atoms. The van der Waals surface area contributed by atoms with Crippen molar-refractivity contribution in [3.05, 3.63) is 64.4 Å². The Morgan fingerprint density at radius 1 is 1.22 bits per heavy atom. The molecule has 2 rings (SSSR count). The number of nitrogens with two attached hydrogens (primary N) is 1. The maximum Gasteiger partial charge on any atom is 0.141 e. The molecule has 0 saturated carbocycles. The van der Waals surface area contributed by atoms with Crippen LogP contribution in [0.25, 0.3) is 0 Å². The Hall–Kier alpha value is -1.58. The first-order valence-corrected chi connectivity index (χ1v) is 5.84. The number of para-hydroxylation sites is 1. The minimum absolute atomic E-state index is 0.0675. The number of hydrogen-bond acceptors (Lipinski definition) is 2. The van der Waals surface area contributed by atoms with E-state index in [9.17, 15) is 4.39 Å². The highest BCUT2D eigenvalue weighted by Gasteiger charge is 2.14. The van der Waals surface area contributed by atoms with Crippen LogP contribution in [0.15, 0.2) is 42.5 Å². The smallest absolute Gasteiger partial charge is 0.141 e. The topological polar surface area (TPSA) is 35.2 Å². The van der Waals surface area contributed by atoms with Gasteiger partial charge in [0.2, 0.25) is 0 Å². The minimum atomic E-state index is -0.451. The molecule has 0 amide bonds. The SMILES string of the molecule is COc1ccccc1C(N)c1ccc(F)c(Cl)c1. The second-order valence-electron chi connectivity index (χ2n) is 3.89. The molecular formula is C14H13ClFNO. The number of hydrogen-bond donors (Lipinski definition) is 1. The summed E-state index contributed by atoms with van der Waals surface area (Å²) in [5.41, 5.74) is 7.73. The summed E-state index contributed by atoms with van der Waals surface area (Å²) in [6.45, 7) is 0. The van der Waals surface area contributed by atoms with Crippen molar-refractivity contribution in [2.75, 3.05) is 7.11 Å². The van der Waals surface area contributed by atoms with Gasteiger partial charge in [0.15, 0.2) is 0 Å². The van der Waals surface area contributed by atoms with Crippen LogP contribution in [0.2, 0.25) is 5.02 Å². The van der Waals surface area contributed by atoms with Crippen LogP contribution in [-0.4, -0.2) is 7.11 Å². The zero-order chi connectivity index (χ0) is 13.1. The van der Waals surface area contributed by atoms with Crippen molar-refractivity contribution in [3.63, 3.8) is 0 Å². The van der Waals surface area contributed by atoms with E-state index in [4.69, 9.17) is 22.1 Å². The van der Waals surface area contributed by atoms with E-state index in [2.05, 4.69) is 0 Å². The second-order valence-corrected chi connectivity index (χ2v) is 4.30. The summed E-state index contributed by atoms with van der Waals surface area (Å²) in [7, 11) is 1.59. The van der Waals surface area contributed by atoms with Crippen LogP contribution in [0.3, 0.4) is 0 Å². The fourth-order valence-corrected chi connectivity index (χ4v) is 2.00. The monoisotopic (exact) mass is 265 g/mol. The van der Waals surface area contributed by atoms with E-state index >= 15 is 0 Å². The summed E-state index contributed by atoms with van der Waals surface area (Å²) in [5.74, 6) is 0.248. The molecule has 0 aliphatic heterocycles. The first-order chi connectivity index (χ1) is 8.63. The fourth-order valence-electron chi connectivity index (χ4n) is 1.81. The lowest BCUT2D eigenvalue weighted by Crippen LogP contribution is -2.13. The van der Waals surface area contributed by atoms with Crippen molar-refractivity contribution in [2.45, 2.75) is 6.04 Å². The maximum absolute atomic E-state index is 13.1. The summed E-state index contributed by atoms with van der Waals surface area (Å²) in [6.07, 6.45) is 0. The Morgan fingerprint density at radius 3 is 2.61 bits per heavy atom. The van der Waals surface area contributed by atoms with Crippen molar-refractivity contribution < 1.29 is 9.13 Å². The summed E-state index contributed by atoms with van der Waals surface area (Å²) < 4.78 is 18.4. The number of rotatable bonds is 3. The third-order valence-corrected chi connectivity index (χ3v) is 3.07. The van der Waals surface area contributed by atoms with Crippen LogP contribution in [0, 0.1) is 5.82 Å². The number of halogens is 2. The van der Waals surface area contributed by atoms with Crippen molar-refractivity contribution in [3.8, 4) is 5.75 Å². The van der Waals surface area contributed by atoms with Crippen molar-refractivity contribution in [2.24, 2.45) is 5.73 Å². The lowest BCUT2D eigenvalue weighted by molar-refractivity contribution is 0.408. The van der Waals surface area contributed by atoms with E-state index in [1.807, 2.05) is 24.3 Å². The van der Waals surface area contributed by atoms with Gasteiger partial charge in [-0.1, -0.05) is 35.9 Å². The Morgan fingerprint density at radius 2 is 1.94 bits per heavy atom. The molecule has 0 heterocycles. The molecule has 2 aromatic rings. The van der Waals surface area contributed by atoms with Crippen molar-refractivity contribution >= 4 is 11.6 Å². The molecule has 0 radical (unpaired) electrons. The van der Waals surface area contributed by atoms with Gasteiger partial charge in [-0.25, -0.2) is 4.39 Å². The zero-order valence-electron chi connectivity index (χ0n) is 9.86. The largest absolute Gasteiger partial charge is 0.496 e. The molecule has 0 aliphatic carbocycles. The number of benzene rings is 2. The quantitative estimate of drug-likeness (QED) is 0.921. The summed E-state index contributed by atoms with van der Waals surface area (Å²) in [4.78, 5) is 0. The van der Waals surface area contributed by atoms with Gasteiger partial charge in [0, 0.05) is 5.56 Å². The van der Waals surface area contributed by atoms with E-state index in [1.54, 1.807) is 13.2 Å². The highest BCUT2D eigenvalue weighted by molar-refractivity contribution is 6.30. The van der Waals surface area contributed by atoms with Gasteiger partial charge in [0.05, 0.1) is 18.2 Å². The Labute approximate surface area is 110 Å². The molecule has 2 nitrogen and oxygen atoms in total. The number of ether oxygens (including phenoxy) is 1. The number of methoxy groups -OCH3 is 1. The van der Waals surface area contributed by atoms with Crippen molar-refractivity contribution in [1.29, 1.82) is 0 Å². The summed E-state index contributed by atoms with van der Waals surface area (Å²) in [6, 6.07) is 11.5. The molecule has 0 saturated heterocycles. The van der Waals surface area contributed by atoms with Gasteiger partial charge in [-0.15, -0.1) is 0 Å². The van der Waals surface area contributed by atoms with Crippen molar-refractivity contribution in [1.82, 2.24) is 0 Å². The molecule has 1 atom stereocenters. The fraction of sp³-hybridized carbons (Fsp3) is 0.143. The average Bonchev–Trinajstić information content (AvgIpc) is 2.41. The molecule has 0 bridgehead atoms. The van der Waals surface area contributed by atoms with Gasteiger partial charge < -0.3 is 10.5 Å².